The average Bonchev–Trinajstić information content (AvgIpc) is 3.25. The highest BCUT2D eigenvalue weighted by atomic mass is 35.5. The van der Waals surface area contributed by atoms with Crippen LogP contribution in [-0.4, -0.2) is 44.6 Å². The molecule has 1 atom stereocenters. The summed E-state index contributed by atoms with van der Waals surface area (Å²) in [5, 5.41) is 3.33. The van der Waals surface area contributed by atoms with Gasteiger partial charge >= 0.3 is 0 Å². The van der Waals surface area contributed by atoms with Crippen molar-refractivity contribution in [3.63, 3.8) is 0 Å². The number of hydrogen-bond donors (Lipinski definition) is 1. The molecule has 1 aliphatic heterocycles. The van der Waals surface area contributed by atoms with Crippen molar-refractivity contribution in [1.29, 1.82) is 0 Å². The molecule has 1 saturated heterocycles. The van der Waals surface area contributed by atoms with Gasteiger partial charge in [0.25, 0.3) is 0 Å². The van der Waals surface area contributed by atoms with E-state index in [1.807, 2.05) is 12.1 Å². The number of nitrogens with one attached hydrogen (secondary N) is 1. The highest BCUT2D eigenvalue weighted by Gasteiger charge is 2.32. The molecule has 2 aromatic carbocycles. The number of carbonyl (C=O) groups is 1. The van der Waals surface area contributed by atoms with Gasteiger partial charge in [0, 0.05) is 18.1 Å². The van der Waals surface area contributed by atoms with E-state index in [-0.39, 0.29) is 5.91 Å². The summed E-state index contributed by atoms with van der Waals surface area (Å²) >= 11 is 6.12. The zero-order valence-corrected chi connectivity index (χ0v) is 20.5. The minimum atomic E-state index is -3.70. The molecular formula is C24H32ClN3O3S. The molecule has 1 N–H and O–H groups in total. The number of hydrogen-bond acceptors (Lipinski definition) is 4. The van der Waals surface area contributed by atoms with Gasteiger partial charge in [-0.1, -0.05) is 48.9 Å². The number of aryl methyl sites for hydroxylation is 1. The third-order valence-electron chi connectivity index (χ3n) is 5.83. The summed E-state index contributed by atoms with van der Waals surface area (Å²) in [7, 11) is -3.70. The number of carbonyl (C=O) groups excluding carboxylic acids is 1. The lowest BCUT2D eigenvalue weighted by molar-refractivity contribution is -0.122. The molecule has 0 aliphatic carbocycles. The molecule has 32 heavy (non-hydrogen) atoms. The van der Waals surface area contributed by atoms with Crippen LogP contribution in [0, 0.1) is 6.92 Å². The van der Waals surface area contributed by atoms with Crippen LogP contribution in [0.15, 0.2) is 42.5 Å². The first-order valence-electron chi connectivity index (χ1n) is 11.0. The highest BCUT2D eigenvalue weighted by molar-refractivity contribution is 7.92. The smallest absolute Gasteiger partial charge is 0.244 e. The summed E-state index contributed by atoms with van der Waals surface area (Å²) in [4.78, 5) is 15.5. The summed E-state index contributed by atoms with van der Waals surface area (Å²) < 4.78 is 26.5. The Hall–Kier alpha value is -2.09. The van der Waals surface area contributed by atoms with Crippen molar-refractivity contribution in [3.8, 4) is 0 Å². The highest BCUT2D eigenvalue weighted by Crippen LogP contribution is 2.29. The normalized spacial score (nSPS) is 15.5. The van der Waals surface area contributed by atoms with Gasteiger partial charge in [-0.3, -0.25) is 14.0 Å². The van der Waals surface area contributed by atoms with E-state index in [0.717, 1.165) is 37.0 Å². The Bertz CT molecular complexity index is 1030. The molecule has 0 aromatic heterocycles. The average molecular weight is 478 g/mol. The van der Waals surface area contributed by atoms with E-state index in [4.69, 9.17) is 11.6 Å². The standard InChI is InChI=1S/C24H32ClN3O3S/c1-4-22(28(32(3,30)31)23-15-21(25)12-7-18(23)2)24(29)26-16-19-8-10-20(11-9-19)17-27-13-5-6-14-27/h7-12,15,22H,4-6,13-14,16-17H2,1-3H3,(H,26,29). The molecule has 2 aromatic rings. The first kappa shape index (κ1) is 24.6. The van der Waals surface area contributed by atoms with Crippen molar-refractivity contribution >= 4 is 33.2 Å². The largest absolute Gasteiger partial charge is 0.350 e. The Morgan fingerprint density at radius 2 is 1.75 bits per heavy atom. The summed E-state index contributed by atoms with van der Waals surface area (Å²) in [6, 6.07) is 12.4. The van der Waals surface area contributed by atoms with Crippen LogP contribution < -0.4 is 9.62 Å². The predicted octanol–water partition coefficient (Wildman–Crippen LogP) is 4.11. The topological polar surface area (TPSA) is 69.7 Å². The van der Waals surface area contributed by atoms with Crippen LogP contribution in [0.3, 0.4) is 0 Å². The first-order valence-corrected chi connectivity index (χ1v) is 13.2. The fourth-order valence-corrected chi connectivity index (χ4v) is 5.55. The number of amides is 1. The van der Waals surface area contributed by atoms with Crippen LogP contribution in [-0.2, 0) is 27.9 Å². The van der Waals surface area contributed by atoms with Crippen LogP contribution in [0.25, 0.3) is 0 Å². The maximum absolute atomic E-state index is 13.0. The molecular weight excluding hydrogens is 446 g/mol. The summed E-state index contributed by atoms with van der Waals surface area (Å²) in [6.07, 6.45) is 3.98. The Balaban J connectivity index is 1.70. The minimum absolute atomic E-state index is 0.333. The second kappa shape index (κ2) is 10.7. The second-order valence-electron chi connectivity index (χ2n) is 8.43. The molecule has 0 bridgehead atoms. The van der Waals surface area contributed by atoms with Crippen LogP contribution >= 0.6 is 11.6 Å². The molecule has 1 fully saturated rings. The third kappa shape index (κ3) is 6.24. The molecule has 6 nitrogen and oxygen atoms in total. The van der Waals surface area contributed by atoms with Gasteiger partial charge < -0.3 is 5.32 Å². The molecule has 1 heterocycles. The molecule has 0 saturated carbocycles. The zero-order chi connectivity index (χ0) is 23.3. The number of benzene rings is 2. The van der Waals surface area contributed by atoms with E-state index in [0.29, 0.717) is 23.7 Å². The second-order valence-corrected chi connectivity index (χ2v) is 10.7. The molecule has 0 spiro atoms. The van der Waals surface area contributed by atoms with E-state index < -0.39 is 16.1 Å². The number of sulfonamides is 1. The minimum Gasteiger partial charge on any atom is -0.350 e. The van der Waals surface area contributed by atoms with Crippen LogP contribution in [0.1, 0.15) is 42.9 Å². The lowest BCUT2D eigenvalue weighted by Gasteiger charge is -2.31. The monoisotopic (exact) mass is 477 g/mol. The molecule has 1 aliphatic rings. The molecule has 1 amide bonds. The van der Waals surface area contributed by atoms with Gasteiger partial charge in [-0.15, -0.1) is 0 Å². The maximum atomic E-state index is 13.0. The number of nitrogens with zero attached hydrogens (tertiary/aromatic N) is 2. The lowest BCUT2D eigenvalue weighted by atomic mass is 10.1. The summed E-state index contributed by atoms with van der Waals surface area (Å²) in [5.41, 5.74) is 3.39. The van der Waals surface area contributed by atoms with Gasteiger partial charge in [0.15, 0.2) is 0 Å². The van der Waals surface area contributed by atoms with Gasteiger partial charge in [-0.2, -0.15) is 0 Å². The Kier molecular flexibility index (Phi) is 8.20. The van der Waals surface area contributed by atoms with Crippen molar-refractivity contribution in [1.82, 2.24) is 10.2 Å². The molecule has 8 heteroatoms. The van der Waals surface area contributed by atoms with Crippen LogP contribution in [0.4, 0.5) is 5.69 Å². The molecule has 3 rings (SSSR count). The SMILES string of the molecule is CCC(C(=O)NCc1ccc(CN2CCCC2)cc1)N(c1cc(Cl)ccc1C)S(C)(=O)=O. The molecule has 174 valence electrons. The number of anilines is 1. The number of likely N-dealkylation sites (tertiary alicyclic amines) is 1. The van der Waals surface area contributed by atoms with Crippen molar-refractivity contribution in [2.24, 2.45) is 0 Å². The fourth-order valence-electron chi connectivity index (χ4n) is 4.12. The Morgan fingerprint density at radius 1 is 1.12 bits per heavy atom. The Labute approximate surface area is 196 Å². The quantitative estimate of drug-likeness (QED) is 0.590. The number of rotatable bonds is 9. The number of halogens is 1. The van der Waals surface area contributed by atoms with Crippen molar-refractivity contribution in [2.45, 2.75) is 52.2 Å². The van der Waals surface area contributed by atoms with Gasteiger partial charge in [0.1, 0.15) is 6.04 Å². The first-order chi connectivity index (χ1) is 15.2. The predicted molar refractivity (Wildman–Crippen MR) is 130 cm³/mol. The van der Waals surface area contributed by atoms with Gasteiger partial charge in [0.05, 0.1) is 11.9 Å². The fraction of sp³-hybridized carbons (Fsp3) is 0.458. The van der Waals surface area contributed by atoms with Crippen molar-refractivity contribution in [3.05, 3.63) is 64.2 Å². The Morgan fingerprint density at radius 3 is 2.34 bits per heavy atom. The molecule has 1 unspecified atom stereocenters. The van der Waals surface area contributed by atoms with Gasteiger partial charge in [-0.05, 0) is 68.1 Å². The van der Waals surface area contributed by atoms with E-state index in [1.165, 1.54) is 22.7 Å². The van der Waals surface area contributed by atoms with E-state index in [2.05, 4.69) is 22.3 Å². The maximum Gasteiger partial charge on any atom is 0.244 e. The van der Waals surface area contributed by atoms with Crippen molar-refractivity contribution < 1.29 is 13.2 Å². The van der Waals surface area contributed by atoms with Gasteiger partial charge in [-0.25, -0.2) is 8.42 Å². The van der Waals surface area contributed by atoms with Crippen LogP contribution in [0.5, 0.6) is 0 Å². The van der Waals surface area contributed by atoms with E-state index in [9.17, 15) is 13.2 Å². The zero-order valence-electron chi connectivity index (χ0n) is 19.0. The van der Waals surface area contributed by atoms with Gasteiger partial charge in [0.2, 0.25) is 15.9 Å². The van der Waals surface area contributed by atoms with E-state index >= 15 is 0 Å². The van der Waals surface area contributed by atoms with Crippen LogP contribution in [0.2, 0.25) is 5.02 Å². The summed E-state index contributed by atoms with van der Waals surface area (Å²) in [5.74, 6) is -0.335. The third-order valence-corrected chi connectivity index (χ3v) is 7.23. The van der Waals surface area contributed by atoms with Crippen molar-refractivity contribution in [2.75, 3.05) is 23.7 Å². The molecule has 0 radical (unpaired) electrons. The lowest BCUT2D eigenvalue weighted by Crippen LogP contribution is -2.49. The summed E-state index contributed by atoms with van der Waals surface area (Å²) in [6.45, 7) is 7.20. The van der Waals surface area contributed by atoms with E-state index in [1.54, 1.807) is 32.0 Å².